The molecule has 4 heteroatoms. The number of imidazole rings is 1. The molecule has 4 aromatic rings. The lowest BCUT2D eigenvalue weighted by molar-refractivity contribution is 1.05. The van der Waals surface area contributed by atoms with Gasteiger partial charge in [-0.25, -0.2) is 4.98 Å². The van der Waals surface area contributed by atoms with Crippen LogP contribution in [-0.2, 0) is 0 Å². The molecule has 0 atom stereocenters. The molecule has 23 heavy (non-hydrogen) atoms. The molecule has 0 saturated heterocycles. The molecule has 0 N–H and O–H groups in total. The monoisotopic (exact) mass is 298 g/mol. The fourth-order valence-electron chi connectivity index (χ4n) is 2.50. The molecule has 0 saturated carbocycles. The van der Waals surface area contributed by atoms with E-state index in [4.69, 9.17) is 4.98 Å². The molecule has 110 valence electrons. The molecule has 0 radical (unpaired) electrons. The van der Waals surface area contributed by atoms with Crippen molar-refractivity contribution >= 4 is 0 Å². The van der Waals surface area contributed by atoms with E-state index in [1.165, 1.54) is 0 Å². The smallest absolute Gasteiger partial charge is 0.145 e. The van der Waals surface area contributed by atoms with Gasteiger partial charge in [0.05, 0.1) is 17.6 Å². The summed E-state index contributed by atoms with van der Waals surface area (Å²) < 4.78 is 2.05. The molecule has 0 bridgehead atoms. The van der Waals surface area contributed by atoms with Crippen molar-refractivity contribution in [3.05, 3.63) is 85.5 Å². The van der Waals surface area contributed by atoms with Crippen LogP contribution in [0.15, 0.2) is 85.5 Å². The topological polar surface area (TPSA) is 43.6 Å². The van der Waals surface area contributed by atoms with E-state index >= 15 is 0 Å². The molecule has 3 aromatic heterocycles. The van der Waals surface area contributed by atoms with Crippen molar-refractivity contribution < 1.29 is 0 Å². The fraction of sp³-hybridized carbons (Fsp3) is 0. The first-order valence-electron chi connectivity index (χ1n) is 7.38. The van der Waals surface area contributed by atoms with Crippen LogP contribution in [0.1, 0.15) is 0 Å². The third kappa shape index (κ3) is 2.62. The maximum Gasteiger partial charge on any atom is 0.145 e. The first-order valence-corrected chi connectivity index (χ1v) is 7.38. The van der Waals surface area contributed by atoms with Gasteiger partial charge in [-0.15, -0.1) is 0 Å². The van der Waals surface area contributed by atoms with E-state index in [1.807, 2.05) is 65.5 Å². The van der Waals surface area contributed by atoms with Gasteiger partial charge in [-0.1, -0.05) is 36.4 Å². The van der Waals surface area contributed by atoms with Crippen LogP contribution < -0.4 is 0 Å². The van der Waals surface area contributed by atoms with Crippen molar-refractivity contribution in [1.29, 1.82) is 0 Å². The molecule has 0 aliphatic heterocycles. The van der Waals surface area contributed by atoms with E-state index in [0.717, 1.165) is 28.5 Å². The summed E-state index contributed by atoms with van der Waals surface area (Å²) in [6.07, 6.45) is 7.38. The molecule has 3 heterocycles. The van der Waals surface area contributed by atoms with Gasteiger partial charge in [-0.05, 0) is 24.3 Å². The zero-order valence-electron chi connectivity index (χ0n) is 12.4. The summed E-state index contributed by atoms with van der Waals surface area (Å²) in [5.41, 5.74) is 3.72. The third-order valence-corrected chi connectivity index (χ3v) is 3.59. The first kappa shape index (κ1) is 13.4. The minimum atomic E-state index is 0.841. The van der Waals surface area contributed by atoms with Gasteiger partial charge < -0.3 is 0 Å². The third-order valence-electron chi connectivity index (χ3n) is 3.59. The summed E-state index contributed by atoms with van der Waals surface area (Å²) in [7, 11) is 0. The lowest BCUT2D eigenvalue weighted by Crippen LogP contribution is -1.96. The van der Waals surface area contributed by atoms with E-state index < -0.39 is 0 Å². The Labute approximate surface area is 134 Å². The van der Waals surface area contributed by atoms with Gasteiger partial charge in [0.15, 0.2) is 0 Å². The molecular formula is C19H14N4. The Morgan fingerprint density at radius 2 is 1.61 bits per heavy atom. The second-order valence-corrected chi connectivity index (χ2v) is 5.11. The van der Waals surface area contributed by atoms with Gasteiger partial charge >= 0.3 is 0 Å². The van der Waals surface area contributed by atoms with Crippen LogP contribution >= 0.6 is 0 Å². The molecule has 0 unspecified atom stereocenters. The van der Waals surface area contributed by atoms with Gasteiger partial charge in [-0.2, -0.15) is 0 Å². The van der Waals surface area contributed by atoms with Crippen molar-refractivity contribution in [1.82, 2.24) is 19.5 Å². The highest BCUT2D eigenvalue weighted by atomic mass is 15.1. The summed E-state index contributed by atoms with van der Waals surface area (Å²) in [4.78, 5) is 13.4. The molecule has 0 amide bonds. The predicted molar refractivity (Wildman–Crippen MR) is 90.0 cm³/mol. The summed E-state index contributed by atoms with van der Waals surface area (Å²) in [6, 6.07) is 19.9. The summed E-state index contributed by atoms with van der Waals surface area (Å²) >= 11 is 0. The van der Waals surface area contributed by atoms with Crippen molar-refractivity contribution in [3.8, 4) is 28.5 Å². The van der Waals surface area contributed by atoms with Crippen molar-refractivity contribution in [3.63, 3.8) is 0 Å². The van der Waals surface area contributed by atoms with Crippen LogP contribution in [0.25, 0.3) is 28.5 Å². The normalized spacial score (nSPS) is 10.6. The average Bonchev–Trinajstić information content (AvgIpc) is 3.09. The van der Waals surface area contributed by atoms with E-state index in [1.54, 1.807) is 12.4 Å². The van der Waals surface area contributed by atoms with Crippen molar-refractivity contribution in [2.24, 2.45) is 0 Å². The minimum absolute atomic E-state index is 0.841. The van der Waals surface area contributed by atoms with Gasteiger partial charge in [0, 0.05) is 24.2 Å². The number of benzene rings is 1. The van der Waals surface area contributed by atoms with Crippen molar-refractivity contribution in [2.45, 2.75) is 0 Å². The number of hydrogen-bond donors (Lipinski definition) is 0. The average molecular weight is 298 g/mol. The Balaban J connectivity index is 1.91. The van der Waals surface area contributed by atoms with Crippen LogP contribution in [0.4, 0.5) is 0 Å². The lowest BCUT2D eigenvalue weighted by atomic mass is 10.2. The van der Waals surface area contributed by atoms with Crippen LogP contribution in [0.2, 0.25) is 0 Å². The zero-order chi connectivity index (χ0) is 15.5. The Kier molecular flexibility index (Phi) is 3.41. The zero-order valence-corrected chi connectivity index (χ0v) is 12.4. The van der Waals surface area contributed by atoms with E-state index in [9.17, 15) is 0 Å². The van der Waals surface area contributed by atoms with E-state index in [0.29, 0.717) is 0 Å². The lowest BCUT2D eigenvalue weighted by Gasteiger charge is -2.06. The number of nitrogens with zero attached hydrogens (tertiary/aromatic N) is 4. The van der Waals surface area contributed by atoms with Gasteiger partial charge in [-0.3, -0.25) is 14.5 Å². The number of aromatic nitrogens is 4. The second kappa shape index (κ2) is 5.85. The van der Waals surface area contributed by atoms with Crippen LogP contribution in [-0.4, -0.2) is 19.5 Å². The highest BCUT2D eigenvalue weighted by Gasteiger charge is 2.13. The van der Waals surface area contributed by atoms with Gasteiger partial charge in [0.2, 0.25) is 0 Å². The molecule has 4 rings (SSSR count). The van der Waals surface area contributed by atoms with Crippen LogP contribution in [0, 0.1) is 0 Å². The summed E-state index contributed by atoms with van der Waals surface area (Å²) in [5.74, 6) is 0.874. The molecule has 1 aromatic carbocycles. The molecule has 0 fully saturated rings. The molecule has 0 spiro atoms. The predicted octanol–water partition coefficient (Wildman–Crippen LogP) is 4.00. The second-order valence-electron chi connectivity index (χ2n) is 5.11. The molecule has 0 aliphatic carbocycles. The number of rotatable bonds is 3. The molecule has 4 nitrogen and oxygen atoms in total. The van der Waals surface area contributed by atoms with Crippen LogP contribution in [0.3, 0.4) is 0 Å². The van der Waals surface area contributed by atoms with Gasteiger partial charge in [0.25, 0.3) is 0 Å². The summed E-state index contributed by atoms with van der Waals surface area (Å²) in [6.45, 7) is 0. The van der Waals surface area contributed by atoms with E-state index in [-0.39, 0.29) is 0 Å². The van der Waals surface area contributed by atoms with E-state index in [2.05, 4.69) is 22.1 Å². The Morgan fingerprint density at radius 3 is 2.35 bits per heavy atom. The highest BCUT2D eigenvalue weighted by molar-refractivity contribution is 5.65. The number of hydrogen-bond acceptors (Lipinski definition) is 3. The van der Waals surface area contributed by atoms with Crippen molar-refractivity contribution in [2.75, 3.05) is 0 Å². The Hall–Kier alpha value is -3.27. The maximum atomic E-state index is 4.80. The van der Waals surface area contributed by atoms with Gasteiger partial charge in [0.1, 0.15) is 11.5 Å². The Morgan fingerprint density at radius 1 is 0.739 bits per heavy atom. The largest absolute Gasteiger partial charge is 0.298 e. The minimum Gasteiger partial charge on any atom is -0.298 e. The highest BCUT2D eigenvalue weighted by Crippen LogP contribution is 2.26. The SMILES string of the molecule is c1ccc(-c2nc(-c3ccccn3)cn2-c2cccnc2)cc1. The quantitative estimate of drug-likeness (QED) is 0.574. The summed E-state index contributed by atoms with van der Waals surface area (Å²) in [5, 5.41) is 0. The fourth-order valence-corrected chi connectivity index (χ4v) is 2.50. The Bertz CT molecular complexity index is 843. The maximum absolute atomic E-state index is 4.80. The number of pyridine rings is 2. The molecular weight excluding hydrogens is 284 g/mol. The standard InChI is InChI=1S/C19H14N4/c1-2-7-15(8-3-1)19-22-18(17-10-4-5-12-21-17)14-23(19)16-9-6-11-20-13-16/h1-14H. The molecule has 0 aliphatic rings. The first-order chi connectivity index (χ1) is 11.4. The van der Waals surface area contributed by atoms with Crippen LogP contribution in [0.5, 0.6) is 0 Å².